The third kappa shape index (κ3) is 2.80. The van der Waals surface area contributed by atoms with Gasteiger partial charge in [-0.1, -0.05) is 17.7 Å². The highest BCUT2D eigenvalue weighted by Gasteiger charge is 2.34. The van der Waals surface area contributed by atoms with E-state index in [2.05, 4.69) is 10.2 Å². The average Bonchev–Trinajstić information content (AvgIpc) is 2.82. The highest BCUT2D eigenvalue weighted by atomic mass is 35.5. The highest BCUT2D eigenvalue weighted by Crippen LogP contribution is 2.29. The summed E-state index contributed by atoms with van der Waals surface area (Å²) >= 11 is 5.84. The monoisotopic (exact) mass is 295 g/mol. The van der Waals surface area contributed by atoms with E-state index in [1.165, 1.54) is 12.8 Å². The van der Waals surface area contributed by atoms with Crippen molar-refractivity contribution in [1.29, 1.82) is 0 Å². The van der Waals surface area contributed by atoms with Crippen molar-refractivity contribution in [2.45, 2.75) is 25.4 Å². The third-order valence-corrected chi connectivity index (χ3v) is 4.61. The number of piperidine rings is 1. The Labute approximate surface area is 123 Å². The van der Waals surface area contributed by atoms with Crippen molar-refractivity contribution in [3.63, 3.8) is 0 Å². The molecule has 0 amide bonds. The molecule has 0 aliphatic carbocycles. The molecule has 0 saturated carbocycles. The van der Waals surface area contributed by atoms with Gasteiger partial charge < -0.3 is 5.32 Å². The van der Waals surface area contributed by atoms with Crippen molar-refractivity contribution >= 4 is 17.3 Å². The molecular weight excluding hydrogens is 278 g/mol. The van der Waals surface area contributed by atoms with Crippen molar-refractivity contribution in [3.05, 3.63) is 38.9 Å². The zero-order chi connectivity index (χ0) is 14.1. The van der Waals surface area contributed by atoms with Crippen LogP contribution in [0.2, 0.25) is 5.02 Å². The molecule has 0 radical (unpaired) electrons. The molecular formula is C14H18ClN3O2. The van der Waals surface area contributed by atoms with Gasteiger partial charge in [-0.15, -0.1) is 0 Å². The lowest BCUT2D eigenvalue weighted by molar-refractivity contribution is -0.384. The van der Waals surface area contributed by atoms with E-state index in [1.54, 1.807) is 12.1 Å². The Morgan fingerprint density at radius 1 is 1.45 bits per heavy atom. The highest BCUT2D eigenvalue weighted by molar-refractivity contribution is 6.32. The average molecular weight is 296 g/mol. The van der Waals surface area contributed by atoms with E-state index in [4.69, 9.17) is 11.6 Å². The van der Waals surface area contributed by atoms with Crippen LogP contribution in [0.5, 0.6) is 0 Å². The molecule has 2 aliphatic heterocycles. The summed E-state index contributed by atoms with van der Waals surface area (Å²) in [4.78, 5) is 12.9. The Balaban J connectivity index is 1.69. The van der Waals surface area contributed by atoms with Crippen LogP contribution >= 0.6 is 11.6 Å². The van der Waals surface area contributed by atoms with Gasteiger partial charge in [0, 0.05) is 31.7 Å². The summed E-state index contributed by atoms with van der Waals surface area (Å²) < 4.78 is 0. The van der Waals surface area contributed by atoms with Crippen LogP contribution < -0.4 is 5.32 Å². The quantitative estimate of drug-likeness (QED) is 0.687. The molecule has 0 bridgehead atoms. The summed E-state index contributed by atoms with van der Waals surface area (Å²) in [6, 6.07) is 5.69. The Bertz CT molecular complexity index is 509. The molecule has 1 N–H and O–H groups in total. The number of nitrogens with zero attached hydrogens (tertiary/aromatic N) is 2. The fourth-order valence-corrected chi connectivity index (χ4v) is 3.51. The molecule has 2 saturated heterocycles. The number of hydrogen-bond donors (Lipinski definition) is 1. The smallest absolute Gasteiger partial charge is 0.288 e. The van der Waals surface area contributed by atoms with Gasteiger partial charge in [-0.25, -0.2) is 0 Å². The topological polar surface area (TPSA) is 58.4 Å². The zero-order valence-electron chi connectivity index (χ0n) is 11.2. The van der Waals surface area contributed by atoms with Crippen molar-refractivity contribution in [3.8, 4) is 0 Å². The van der Waals surface area contributed by atoms with Gasteiger partial charge in [0.1, 0.15) is 5.02 Å². The molecule has 0 aromatic heterocycles. The molecule has 2 aliphatic rings. The Morgan fingerprint density at radius 2 is 2.30 bits per heavy atom. The van der Waals surface area contributed by atoms with Crippen LogP contribution in [-0.2, 0) is 6.54 Å². The summed E-state index contributed by atoms with van der Waals surface area (Å²) in [7, 11) is 0. The van der Waals surface area contributed by atoms with Gasteiger partial charge in [0.2, 0.25) is 0 Å². The van der Waals surface area contributed by atoms with Crippen LogP contribution in [0.15, 0.2) is 18.2 Å². The van der Waals surface area contributed by atoms with Crippen molar-refractivity contribution in [2.75, 3.05) is 19.6 Å². The summed E-state index contributed by atoms with van der Waals surface area (Å²) in [5.74, 6) is 0.728. The molecule has 5 nitrogen and oxygen atoms in total. The molecule has 1 aromatic rings. The number of halogens is 1. The minimum atomic E-state index is -0.419. The fourth-order valence-electron chi connectivity index (χ4n) is 3.32. The van der Waals surface area contributed by atoms with Gasteiger partial charge in [-0.3, -0.25) is 15.0 Å². The first-order valence-corrected chi connectivity index (χ1v) is 7.40. The predicted octanol–water partition coefficient (Wildman–Crippen LogP) is 2.43. The number of hydrogen-bond acceptors (Lipinski definition) is 4. The molecule has 2 heterocycles. The summed E-state index contributed by atoms with van der Waals surface area (Å²) in [5.41, 5.74) is 0.957. The molecule has 1 aromatic carbocycles. The van der Waals surface area contributed by atoms with E-state index in [0.717, 1.165) is 37.7 Å². The van der Waals surface area contributed by atoms with E-state index in [1.807, 2.05) is 6.07 Å². The SMILES string of the molecule is O=[N+]([O-])c1cc(CN2C[C@@H]3CCCN[C@@H]3C2)ccc1Cl. The second kappa shape index (κ2) is 5.68. The summed E-state index contributed by atoms with van der Waals surface area (Å²) in [5, 5.41) is 14.7. The Hall–Kier alpha value is -1.17. The van der Waals surface area contributed by atoms with E-state index in [-0.39, 0.29) is 10.7 Å². The predicted molar refractivity (Wildman–Crippen MR) is 77.9 cm³/mol. The molecule has 0 spiro atoms. The number of benzene rings is 1. The van der Waals surface area contributed by atoms with Crippen molar-refractivity contribution in [1.82, 2.24) is 10.2 Å². The lowest BCUT2D eigenvalue weighted by Crippen LogP contribution is -2.40. The van der Waals surface area contributed by atoms with Crippen LogP contribution in [0.1, 0.15) is 18.4 Å². The fraction of sp³-hybridized carbons (Fsp3) is 0.571. The first-order chi connectivity index (χ1) is 9.63. The second-order valence-corrected chi connectivity index (χ2v) is 6.11. The number of likely N-dealkylation sites (tertiary alicyclic amines) is 1. The van der Waals surface area contributed by atoms with Gasteiger partial charge >= 0.3 is 0 Å². The lowest BCUT2D eigenvalue weighted by atomic mass is 9.94. The second-order valence-electron chi connectivity index (χ2n) is 5.70. The van der Waals surface area contributed by atoms with E-state index >= 15 is 0 Å². The minimum Gasteiger partial charge on any atom is -0.312 e. The van der Waals surface area contributed by atoms with Crippen molar-refractivity contribution < 1.29 is 4.92 Å². The van der Waals surface area contributed by atoms with Gasteiger partial charge in [0.25, 0.3) is 5.69 Å². The first-order valence-electron chi connectivity index (χ1n) is 7.02. The van der Waals surface area contributed by atoms with Crippen LogP contribution in [0, 0.1) is 16.0 Å². The van der Waals surface area contributed by atoms with Crippen molar-refractivity contribution in [2.24, 2.45) is 5.92 Å². The lowest BCUT2D eigenvalue weighted by Gasteiger charge is -2.24. The maximum atomic E-state index is 10.9. The molecule has 0 unspecified atom stereocenters. The van der Waals surface area contributed by atoms with E-state index < -0.39 is 4.92 Å². The number of nitrogens with one attached hydrogen (secondary N) is 1. The van der Waals surface area contributed by atoms with Crippen LogP contribution in [0.3, 0.4) is 0 Å². The standard InChI is InChI=1S/C14H18ClN3O2/c15-12-4-3-10(6-14(12)18(19)20)7-17-8-11-2-1-5-16-13(11)9-17/h3-4,6,11,13,16H,1-2,5,7-9H2/t11-,13+/m0/s1. The number of nitro groups is 1. The Morgan fingerprint density at radius 3 is 3.05 bits per heavy atom. The molecule has 3 rings (SSSR count). The molecule has 20 heavy (non-hydrogen) atoms. The summed E-state index contributed by atoms with van der Waals surface area (Å²) in [6.45, 7) is 3.98. The van der Waals surface area contributed by atoms with Gasteiger partial charge in [0.15, 0.2) is 0 Å². The first kappa shape index (κ1) is 13.8. The van der Waals surface area contributed by atoms with Gasteiger partial charge in [-0.05, 0) is 36.9 Å². The maximum absolute atomic E-state index is 10.9. The number of rotatable bonds is 3. The zero-order valence-corrected chi connectivity index (χ0v) is 12.0. The summed E-state index contributed by atoms with van der Waals surface area (Å²) in [6.07, 6.45) is 2.54. The van der Waals surface area contributed by atoms with Gasteiger partial charge in [-0.2, -0.15) is 0 Å². The minimum absolute atomic E-state index is 0.00101. The van der Waals surface area contributed by atoms with E-state index in [0.29, 0.717) is 6.04 Å². The molecule has 2 fully saturated rings. The van der Waals surface area contributed by atoms with Crippen LogP contribution in [0.25, 0.3) is 0 Å². The van der Waals surface area contributed by atoms with Crippen LogP contribution in [0.4, 0.5) is 5.69 Å². The van der Waals surface area contributed by atoms with Gasteiger partial charge in [0.05, 0.1) is 4.92 Å². The number of fused-ring (bicyclic) bond motifs is 1. The molecule has 2 atom stereocenters. The maximum Gasteiger partial charge on any atom is 0.288 e. The molecule has 6 heteroatoms. The van der Waals surface area contributed by atoms with Crippen LogP contribution in [-0.4, -0.2) is 35.5 Å². The largest absolute Gasteiger partial charge is 0.312 e. The molecule has 108 valence electrons. The van der Waals surface area contributed by atoms with E-state index in [9.17, 15) is 10.1 Å². The number of nitro benzene ring substituents is 1. The Kier molecular flexibility index (Phi) is 3.92. The third-order valence-electron chi connectivity index (χ3n) is 4.29. The normalized spacial score (nSPS) is 26.4.